The second-order valence-electron chi connectivity index (χ2n) is 6.07. The molecule has 0 bridgehead atoms. The number of halogens is 4. The van der Waals surface area contributed by atoms with Gasteiger partial charge in [-0.2, -0.15) is 5.10 Å². The van der Waals surface area contributed by atoms with Crippen molar-refractivity contribution in [3.8, 4) is 5.88 Å². The molecule has 0 fully saturated rings. The molecule has 31 heavy (non-hydrogen) atoms. The maximum absolute atomic E-state index is 13.8. The van der Waals surface area contributed by atoms with Crippen LogP contribution in [0.3, 0.4) is 0 Å². The first kappa shape index (κ1) is 22.3. The Morgan fingerprint density at radius 2 is 1.74 bits per heavy atom. The van der Waals surface area contributed by atoms with Gasteiger partial charge in [0.15, 0.2) is 0 Å². The van der Waals surface area contributed by atoms with Gasteiger partial charge in [0.25, 0.3) is 5.91 Å². The van der Waals surface area contributed by atoms with Crippen LogP contribution in [0.15, 0.2) is 59.8 Å². The third-order valence-corrected chi connectivity index (χ3v) is 5.05. The molecule has 3 aromatic rings. The molecule has 2 aromatic carbocycles. The Balaban J connectivity index is 1.86. The lowest BCUT2D eigenvalue weighted by atomic mass is 10.2. The van der Waals surface area contributed by atoms with E-state index in [-0.39, 0.29) is 5.04 Å². The van der Waals surface area contributed by atoms with Gasteiger partial charge in [-0.05, 0) is 30.3 Å². The van der Waals surface area contributed by atoms with E-state index in [2.05, 4.69) is 15.5 Å². The number of nitrogens with one attached hydrogen (secondary N) is 1. The molecular weight excluding hydrogens is 434 g/mol. The van der Waals surface area contributed by atoms with Gasteiger partial charge in [0.1, 0.15) is 33.9 Å². The second-order valence-corrected chi connectivity index (χ2v) is 7.03. The lowest BCUT2D eigenvalue weighted by Crippen LogP contribution is -2.22. The average Bonchev–Trinajstić information content (AvgIpc) is 2.74. The minimum absolute atomic E-state index is 0.238. The summed E-state index contributed by atoms with van der Waals surface area (Å²) in [7, 11) is 1.47. The van der Waals surface area contributed by atoms with Gasteiger partial charge in [-0.25, -0.2) is 28.0 Å². The summed E-state index contributed by atoms with van der Waals surface area (Å²) in [6.45, 7) is 0. The van der Waals surface area contributed by atoms with Crippen LogP contribution in [0.5, 0.6) is 5.88 Å². The first-order valence-corrected chi connectivity index (χ1v) is 9.76. The number of hydrazone groups is 1. The monoisotopic (exact) mass is 449 g/mol. The number of rotatable bonds is 6. The van der Waals surface area contributed by atoms with Crippen LogP contribution < -0.4 is 10.2 Å². The fourth-order valence-electron chi connectivity index (χ4n) is 2.55. The molecule has 5 nitrogen and oxygen atoms in total. The fourth-order valence-corrected chi connectivity index (χ4v) is 3.48. The van der Waals surface area contributed by atoms with E-state index in [0.717, 1.165) is 17.3 Å². The van der Waals surface area contributed by atoms with Crippen molar-refractivity contribution >= 4 is 22.7 Å². The molecule has 0 radical (unpaired) electrons. The normalized spacial score (nSPS) is 11.3. The number of pyridine rings is 1. The van der Waals surface area contributed by atoms with Crippen molar-refractivity contribution in [2.45, 2.75) is 5.75 Å². The number of carbonyl (C=O) groups is 1. The van der Waals surface area contributed by atoms with Crippen molar-refractivity contribution in [2.24, 2.45) is 5.10 Å². The van der Waals surface area contributed by atoms with E-state index in [4.69, 9.17) is 4.74 Å². The van der Waals surface area contributed by atoms with Gasteiger partial charge in [0, 0.05) is 35.2 Å². The third kappa shape index (κ3) is 5.60. The predicted octanol–water partition coefficient (Wildman–Crippen LogP) is 4.67. The van der Waals surface area contributed by atoms with Crippen LogP contribution >= 0.6 is 11.8 Å². The van der Waals surface area contributed by atoms with E-state index >= 15 is 0 Å². The van der Waals surface area contributed by atoms with E-state index < -0.39 is 34.7 Å². The molecule has 0 unspecified atom stereocenters. The fraction of sp³-hybridized carbons (Fsp3) is 0.0952. The summed E-state index contributed by atoms with van der Waals surface area (Å²) in [5, 5.41) is 4.18. The molecule has 3 rings (SSSR count). The highest BCUT2D eigenvalue weighted by Gasteiger charge is 2.19. The average molecular weight is 449 g/mol. The molecule has 1 aromatic heterocycles. The van der Waals surface area contributed by atoms with Gasteiger partial charge in [-0.1, -0.05) is 17.8 Å². The summed E-state index contributed by atoms with van der Waals surface area (Å²) in [4.78, 5) is 16.3. The van der Waals surface area contributed by atoms with E-state index in [0.29, 0.717) is 29.3 Å². The molecule has 0 atom stereocenters. The van der Waals surface area contributed by atoms with E-state index in [1.165, 1.54) is 31.4 Å². The Morgan fingerprint density at radius 1 is 1.06 bits per heavy atom. The number of carbonyl (C=O) groups excluding carboxylic acids is 1. The van der Waals surface area contributed by atoms with Gasteiger partial charge in [0.05, 0.1) is 7.11 Å². The highest BCUT2D eigenvalue weighted by Crippen LogP contribution is 2.24. The van der Waals surface area contributed by atoms with Crippen LogP contribution in [0, 0.1) is 23.3 Å². The Labute approximate surface area is 179 Å². The van der Waals surface area contributed by atoms with Crippen LogP contribution in [0.2, 0.25) is 0 Å². The number of nitrogens with zero attached hydrogens (tertiary/aromatic N) is 2. The van der Waals surface area contributed by atoms with E-state index in [1.54, 1.807) is 18.3 Å². The van der Waals surface area contributed by atoms with Gasteiger partial charge in [-0.15, -0.1) is 0 Å². The summed E-state index contributed by atoms with van der Waals surface area (Å²) in [6.07, 6.45) is 1.56. The highest BCUT2D eigenvalue weighted by atomic mass is 32.2. The Kier molecular flexibility index (Phi) is 7.24. The number of aromatic nitrogens is 1. The lowest BCUT2D eigenvalue weighted by Gasteiger charge is -2.10. The first-order valence-electron chi connectivity index (χ1n) is 8.78. The van der Waals surface area contributed by atoms with Crippen LogP contribution in [0.4, 0.5) is 17.6 Å². The Hall–Kier alpha value is -3.40. The molecule has 0 aliphatic heterocycles. The van der Waals surface area contributed by atoms with Crippen LogP contribution in [-0.4, -0.2) is 23.0 Å². The largest absolute Gasteiger partial charge is 0.481 e. The number of hydrogen-bond donors (Lipinski definition) is 1. The maximum atomic E-state index is 13.8. The first-order chi connectivity index (χ1) is 14.9. The minimum atomic E-state index is -1.36. The predicted molar refractivity (Wildman–Crippen MR) is 109 cm³/mol. The maximum Gasteiger partial charge on any atom is 0.277 e. The molecule has 1 heterocycles. The molecule has 0 spiro atoms. The third-order valence-electron chi connectivity index (χ3n) is 3.99. The molecule has 0 aliphatic rings. The van der Waals surface area contributed by atoms with Gasteiger partial charge >= 0.3 is 0 Å². The van der Waals surface area contributed by atoms with Crippen molar-refractivity contribution in [3.63, 3.8) is 0 Å². The number of ether oxygens (including phenoxy) is 1. The van der Waals surface area contributed by atoms with Gasteiger partial charge in [0.2, 0.25) is 5.88 Å². The molecular formula is C21H15F4N3O2S. The molecule has 1 N–H and O–H groups in total. The van der Waals surface area contributed by atoms with Crippen molar-refractivity contribution in [1.29, 1.82) is 0 Å². The zero-order valence-electron chi connectivity index (χ0n) is 16.0. The zero-order valence-corrected chi connectivity index (χ0v) is 16.9. The quantitative estimate of drug-likeness (QED) is 0.257. The van der Waals surface area contributed by atoms with E-state index in [1.807, 2.05) is 0 Å². The SMILES string of the molecule is COc1ncccc1CS/C(=N\NC(=O)c1c(F)cc(F)cc1F)c1ccc(F)cc1. The van der Waals surface area contributed by atoms with Gasteiger partial charge < -0.3 is 4.74 Å². The van der Waals surface area contributed by atoms with Crippen LogP contribution in [0.1, 0.15) is 21.5 Å². The molecule has 10 heteroatoms. The summed E-state index contributed by atoms with van der Waals surface area (Å²) < 4.78 is 59.3. The standard InChI is InChI=1S/C21H15F4N3O2S/c1-30-20-13(3-2-8-26-20)11-31-21(12-4-6-14(22)7-5-12)28-27-19(29)18-16(24)9-15(23)10-17(18)25/h2-10H,11H2,1H3,(H,27,29)/b28-21-. The van der Waals surface area contributed by atoms with Gasteiger partial charge in [-0.3, -0.25) is 4.79 Å². The number of hydrogen-bond acceptors (Lipinski definition) is 5. The summed E-state index contributed by atoms with van der Waals surface area (Å²) in [5.74, 6) is -4.82. The Morgan fingerprint density at radius 3 is 2.39 bits per heavy atom. The minimum Gasteiger partial charge on any atom is -0.481 e. The zero-order chi connectivity index (χ0) is 22.4. The number of methoxy groups -OCH3 is 1. The molecule has 0 saturated heterocycles. The van der Waals surface area contributed by atoms with E-state index in [9.17, 15) is 22.4 Å². The topological polar surface area (TPSA) is 63.6 Å². The van der Waals surface area contributed by atoms with Crippen LogP contribution in [-0.2, 0) is 5.75 Å². The van der Waals surface area contributed by atoms with Crippen LogP contribution in [0.25, 0.3) is 0 Å². The smallest absolute Gasteiger partial charge is 0.277 e. The lowest BCUT2D eigenvalue weighted by molar-refractivity contribution is 0.0946. The molecule has 1 amide bonds. The molecule has 0 saturated carbocycles. The number of amides is 1. The molecule has 160 valence electrons. The summed E-state index contributed by atoms with van der Waals surface area (Å²) >= 11 is 1.16. The number of benzene rings is 2. The summed E-state index contributed by atoms with van der Waals surface area (Å²) in [5.41, 5.74) is 2.28. The van der Waals surface area contributed by atoms with Crippen molar-refractivity contribution < 1.29 is 27.1 Å². The highest BCUT2D eigenvalue weighted by molar-refractivity contribution is 8.13. The number of thioether (sulfide) groups is 1. The van der Waals surface area contributed by atoms with Crippen molar-refractivity contribution in [2.75, 3.05) is 7.11 Å². The van der Waals surface area contributed by atoms with Crippen molar-refractivity contribution in [3.05, 3.63) is 94.7 Å². The Bertz CT molecular complexity index is 1100. The second kappa shape index (κ2) is 10.1. The van der Waals surface area contributed by atoms with Crippen molar-refractivity contribution in [1.82, 2.24) is 10.4 Å². The molecule has 0 aliphatic carbocycles. The summed E-state index contributed by atoms with van der Waals surface area (Å²) in [6, 6.07) is 9.57.